The summed E-state index contributed by atoms with van der Waals surface area (Å²) in [5.41, 5.74) is -0.187. The molecule has 0 saturated carbocycles. The Kier molecular flexibility index (Phi) is 6.01. The maximum Gasteiger partial charge on any atom is 0.352 e. The number of fused-ring (bicyclic) bond motifs is 3. The zero-order chi connectivity index (χ0) is 24.6. The molecule has 0 aliphatic carbocycles. The number of nitrogens with one attached hydrogen (secondary N) is 2. The summed E-state index contributed by atoms with van der Waals surface area (Å²) in [6, 6.07) is 9.62. The summed E-state index contributed by atoms with van der Waals surface area (Å²) in [7, 11) is 1.47. The van der Waals surface area contributed by atoms with Crippen LogP contribution in [-0.2, 0) is 18.4 Å². The number of benzene rings is 2. The predicted octanol–water partition coefficient (Wildman–Crippen LogP) is 1.65. The summed E-state index contributed by atoms with van der Waals surface area (Å²) >= 11 is 0. The second-order valence-electron chi connectivity index (χ2n) is 8.01. The van der Waals surface area contributed by atoms with E-state index in [1.807, 2.05) is 13.8 Å². The Balaban J connectivity index is 1.76. The van der Waals surface area contributed by atoms with E-state index in [1.54, 1.807) is 0 Å². The van der Waals surface area contributed by atoms with Gasteiger partial charge in [-0.1, -0.05) is 6.92 Å². The van der Waals surface area contributed by atoms with Gasteiger partial charge in [-0.25, -0.2) is 18.3 Å². The molecule has 0 radical (unpaired) electrons. The molecule has 2 aromatic carbocycles. The number of hydrogen-bond donors (Lipinski definition) is 2. The first-order valence-corrected chi connectivity index (χ1v) is 10.7. The Morgan fingerprint density at radius 1 is 1.12 bits per heavy atom. The van der Waals surface area contributed by atoms with Crippen LogP contribution in [0.4, 0.5) is 10.1 Å². The highest BCUT2D eigenvalue weighted by atomic mass is 19.1. The second-order valence-corrected chi connectivity index (χ2v) is 8.01. The van der Waals surface area contributed by atoms with Crippen molar-refractivity contribution in [3.8, 4) is 0 Å². The van der Waals surface area contributed by atoms with Crippen molar-refractivity contribution in [2.75, 3.05) is 5.32 Å². The van der Waals surface area contributed by atoms with E-state index in [4.69, 9.17) is 0 Å². The average Bonchev–Trinajstić information content (AvgIpc) is 3.14. The standard InChI is InChI=1S/C23H23FN6O4/c1-4-13(2)25-20(32)14-5-10-17-18(11-14)30-22(28(3)21(17)33)27-29(23(30)34)12-19(31)26-16-8-6-15(24)7-9-16/h5-11,13H,4,12H2,1-3H3,(H,25,32)(H,26,31). The minimum absolute atomic E-state index is 0.0246. The van der Waals surface area contributed by atoms with Gasteiger partial charge >= 0.3 is 5.69 Å². The maximum absolute atomic E-state index is 13.2. The van der Waals surface area contributed by atoms with Crippen molar-refractivity contribution in [3.63, 3.8) is 0 Å². The highest BCUT2D eigenvalue weighted by Gasteiger charge is 2.19. The van der Waals surface area contributed by atoms with Gasteiger partial charge in [-0.05, 0) is 55.8 Å². The molecule has 0 saturated heterocycles. The first kappa shape index (κ1) is 22.9. The number of aromatic nitrogens is 4. The van der Waals surface area contributed by atoms with Crippen LogP contribution in [0.25, 0.3) is 16.7 Å². The smallest absolute Gasteiger partial charge is 0.350 e. The molecule has 34 heavy (non-hydrogen) atoms. The van der Waals surface area contributed by atoms with Gasteiger partial charge in [0.05, 0.1) is 10.9 Å². The molecule has 10 nitrogen and oxygen atoms in total. The van der Waals surface area contributed by atoms with E-state index < -0.39 is 29.5 Å². The molecule has 176 valence electrons. The molecule has 11 heteroatoms. The van der Waals surface area contributed by atoms with Gasteiger partial charge in [-0.15, -0.1) is 5.10 Å². The molecule has 4 aromatic rings. The summed E-state index contributed by atoms with van der Waals surface area (Å²) < 4.78 is 16.4. The molecular formula is C23H23FN6O4. The maximum atomic E-state index is 13.2. The highest BCUT2D eigenvalue weighted by molar-refractivity contribution is 5.98. The van der Waals surface area contributed by atoms with Gasteiger partial charge in [-0.3, -0.25) is 19.0 Å². The highest BCUT2D eigenvalue weighted by Crippen LogP contribution is 2.14. The third-order valence-electron chi connectivity index (χ3n) is 5.57. The van der Waals surface area contributed by atoms with E-state index >= 15 is 0 Å². The average molecular weight is 466 g/mol. The molecule has 0 aliphatic rings. The fraction of sp³-hybridized carbons (Fsp3) is 0.261. The summed E-state index contributed by atoms with van der Waals surface area (Å²) in [6.07, 6.45) is 0.746. The lowest BCUT2D eigenvalue weighted by molar-refractivity contribution is -0.117. The second kappa shape index (κ2) is 8.93. The predicted molar refractivity (Wildman–Crippen MR) is 124 cm³/mol. The number of nitrogens with zero attached hydrogens (tertiary/aromatic N) is 4. The van der Waals surface area contributed by atoms with E-state index in [-0.39, 0.29) is 34.2 Å². The zero-order valence-electron chi connectivity index (χ0n) is 18.8. The Hall–Kier alpha value is -4.28. The van der Waals surface area contributed by atoms with Crippen LogP contribution < -0.4 is 21.9 Å². The van der Waals surface area contributed by atoms with Gasteiger partial charge in [0.2, 0.25) is 11.7 Å². The van der Waals surface area contributed by atoms with Crippen molar-refractivity contribution < 1.29 is 14.0 Å². The molecule has 0 fully saturated rings. The van der Waals surface area contributed by atoms with Gasteiger partial charge in [0.15, 0.2) is 0 Å². The SMILES string of the molecule is CCC(C)NC(=O)c1ccc2c(=O)n(C)c3nn(CC(=O)Nc4ccc(F)cc4)c(=O)n3c2c1. The van der Waals surface area contributed by atoms with Crippen molar-refractivity contribution in [2.24, 2.45) is 7.05 Å². The van der Waals surface area contributed by atoms with Crippen molar-refractivity contribution in [1.82, 2.24) is 24.1 Å². The van der Waals surface area contributed by atoms with E-state index in [0.29, 0.717) is 5.69 Å². The molecule has 0 spiro atoms. The van der Waals surface area contributed by atoms with Gasteiger partial charge in [0.25, 0.3) is 11.5 Å². The molecule has 1 atom stereocenters. The third kappa shape index (κ3) is 4.19. The lowest BCUT2D eigenvalue weighted by atomic mass is 10.1. The van der Waals surface area contributed by atoms with E-state index in [1.165, 1.54) is 58.5 Å². The number of hydrogen-bond acceptors (Lipinski definition) is 5. The largest absolute Gasteiger partial charge is 0.352 e. The molecule has 2 amide bonds. The summed E-state index contributed by atoms with van der Waals surface area (Å²) in [4.78, 5) is 51.1. The Labute approximate surface area is 192 Å². The zero-order valence-corrected chi connectivity index (χ0v) is 18.8. The van der Waals surface area contributed by atoms with Gasteiger partial charge in [-0.2, -0.15) is 0 Å². The van der Waals surface area contributed by atoms with Crippen LogP contribution in [0.1, 0.15) is 30.6 Å². The monoisotopic (exact) mass is 466 g/mol. The quantitative estimate of drug-likeness (QED) is 0.448. The Morgan fingerprint density at radius 3 is 2.50 bits per heavy atom. The number of anilines is 1. The molecule has 2 heterocycles. The molecule has 1 unspecified atom stereocenters. The molecule has 0 bridgehead atoms. The van der Waals surface area contributed by atoms with Crippen LogP contribution in [0.2, 0.25) is 0 Å². The minimum Gasteiger partial charge on any atom is -0.350 e. The molecular weight excluding hydrogens is 443 g/mol. The van der Waals surface area contributed by atoms with E-state index in [2.05, 4.69) is 15.7 Å². The first-order valence-electron chi connectivity index (χ1n) is 10.7. The Morgan fingerprint density at radius 2 is 1.82 bits per heavy atom. The summed E-state index contributed by atoms with van der Waals surface area (Å²) in [6.45, 7) is 3.39. The van der Waals surface area contributed by atoms with Crippen molar-refractivity contribution in [1.29, 1.82) is 0 Å². The summed E-state index contributed by atoms with van der Waals surface area (Å²) in [5, 5.41) is 9.81. The lowest BCUT2D eigenvalue weighted by Crippen LogP contribution is -2.32. The van der Waals surface area contributed by atoms with Crippen LogP contribution in [-0.4, -0.2) is 36.6 Å². The number of amides is 2. The van der Waals surface area contributed by atoms with E-state index in [0.717, 1.165) is 11.1 Å². The number of rotatable bonds is 6. The Bertz CT molecular complexity index is 1530. The third-order valence-corrected chi connectivity index (χ3v) is 5.57. The molecule has 0 aliphatic heterocycles. The van der Waals surface area contributed by atoms with Crippen molar-refractivity contribution in [2.45, 2.75) is 32.9 Å². The fourth-order valence-corrected chi connectivity index (χ4v) is 3.52. The number of halogens is 1. The number of aryl methyl sites for hydroxylation is 1. The number of carbonyl (C=O) groups excluding carboxylic acids is 2. The van der Waals surface area contributed by atoms with Gasteiger partial charge in [0, 0.05) is 24.3 Å². The van der Waals surface area contributed by atoms with Gasteiger partial charge in [0.1, 0.15) is 12.4 Å². The molecule has 4 rings (SSSR count). The van der Waals surface area contributed by atoms with Crippen molar-refractivity contribution in [3.05, 3.63) is 74.7 Å². The molecule has 2 N–H and O–H groups in total. The van der Waals surface area contributed by atoms with Crippen LogP contribution in [0, 0.1) is 5.82 Å². The first-order chi connectivity index (χ1) is 16.2. The van der Waals surface area contributed by atoms with Crippen LogP contribution in [0.5, 0.6) is 0 Å². The van der Waals surface area contributed by atoms with Crippen LogP contribution in [0.3, 0.4) is 0 Å². The number of carbonyl (C=O) groups is 2. The van der Waals surface area contributed by atoms with Crippen molar-refractivity contribution >= 4 is 34.2 Å². The lowest BCUT2D eigenvalue weighted by Gasteiger charge is -2.12. The van der Waals surface area contributed by atoms with Crippen LogP contribution >= 0.6 is 0 Å². The van der Waals surface area contributed by atoms with Crippen LogP contribution in [0.15, 0.2) is 52.1 Å². The summed E-state index contributed by atoms with van der Waals surface area (Å²) in [5.74, 6) is -1.31. The fourth-order valence-electron chi connectivity index (χ4n) is 3.52. The molecule has 2 aromatic heterocycles. The minimum atomic E-state index is -0.649. The normalized spacial score (nSPS) is 12.1. The van der Waals surface area contributed by atoms with E-state index in [9.17, 15) is 23.6 Å². The van der Waals surface area contributed by atoms with Gasteiger partial charge < -0.3 is 10.6 Å². The topological polar surface area (TPSA) is 120 Å².